The fraction of sp³-hybridized carbons (Fsp3) is 0.889. The first-order valence-corrected chi connectivity index (χ1v) is 7.64. The molecule has 0 aliphatic rings. The highest BCUT2D eigenvalue weighted by Gasteiger charge is 1.94. The second kappa shape index (κ2) is 14.7. The SMILES string of the molecule is CCNC(=NCCSC)NCCSC.I. The second-order valence-electron chi connectivity index (χ2n) is 2.67. The molecule has 0 spiro atoms. The Hall–Kier alpha value is 0.700. The number of guanidine groups is 1. The van der Waals surface area contributed by atoms with E-state index in [-0.39, 0.29) is 24.0 Å². The molecule has 3 nitrogen and oxygen atoms in total. The molecule has 0 aliphatic carbocycles. The molecule has 92 valence electrons. The third kappa shape index (κ3) is 12.6. The first kappa shape index (κ1) is 18.1. The molecular weight excluding hydrogens is 341 g/mol. The van der Waals surface area contributed by atoms with E-state index in [9.17, 15) is 0 Å². The quantitative estimate of drug-likeness (QED) is 0.314. The summed E-state index contributed by atoms with van der Waals surface area (Å²) in [6.45, 7) is 4.87. The Bertz CT molecular complexity index is 156. The minimum atomic E-state index is 0. The summed E-state index contributed by atoms with van der Waals surface area (Å²) < 4.78 is 0. The zero-order valence-corrected chi connectivity index (χ0v) is 13.7. The van der Waals surface area contributed by atoms with Gasteiger partial charge in [0.1, 0.15) is 0 Å². The van der Waals surface area contributed by atoms with Crippen LogP contribution in [0.3, 0.4) is 0 Å². The summed E-state index contributed by atoms with van der Waals surface area (Å²) in [5.74, 6) is 3.14. The van der Waals surface area contributed by atoms with Gasteiger partial charge in [0.05, 0.1) is 6.54 Å². The zero-order chi connectivity index (χ0) is 10.6. The second-order valence-corrected chi connectivity index (χ2v) is 4.64. The van der Waals surface area contributed by atoms with E-state index in [1.807, 2.05) is 23.5 Å². The molecule has 2 N–H and O–H groups in total. The molecule has 0 bridgehead atoms. The van der Waals surface area contributed by atoms with Gasteiger partial charge in [-0.3, -0.25) is 4.99 Å². The summed E-state index contributed by atoms with van der Waals surface area (Å²) in [5.41, 5.74) is 0. The lowest BCUT2D eigenvalue weighted by atomic mass is 10.6. The van der Waals surface area contributed by atoms with Crippen LogP contribution in [-0.2, 0) is 0 Å². The Kier molecular flexibility index (Phi) is 17.7. The first-order valence-electron chi connectivity index (χ1n) is 4.85. The van der Waals surface area contributed by atoms with Crippen LogP contribution in [0.25, 0.3) is 0 Å². The van der Waals surface area contributed by atoms with Crippen LogP contribution in [0.5, 0.6) is 0 Å². The molecule has 0 aromatic rings. The van der Waals surface area contributed by atoms with Gasteiger partial charge in [-0.25, -0.2) is 0 Å². The smallest absolute Gasteiger partial charge is 0.191 e. The van der Waals surface area contributed by atoms with E-state index in [0.29, 0.717) is 0 Å². The summed E-state index contributed by atoms with van der Waals surface area (Å²) >= 11 is 3.66. The summed E-state index contributed by atoms with van der Waals surface area (Å²) in [6, 6.07) is 0. The van der Waals surface area contributed by atoms with E-state index >= 15 is 0 Å². The van der Waals surface area contributed by atoms with Gasteiger partial charge in [0.25, 0.3) is 0 Å². The molecule has 6 heteroatoms. The van der Waals surface area contributed by atoms with Crippen molar-refractivity contribution >= 4 is 53.5 Å². The van der Waals surface area contributed by atoms with E-state index in [4.69, 9.17) is 0 Å². The third-order valence-electron chi connectivity index (χ3n) is 1.51. The number of hydrogen-bond acceptors (Lipinski definition) is 3. The number of nitrogens with one attached hydrogen (secondary N) is 2. The fourth-order valence-electron chi connectivity index (χ4n) is 0.862. The van der Waals surface area contributed by atoms with Crippen LogP contribution in [0.4, 0.5) is 0 Å². The standard InChI is InChI=1S/C9H21N3S2.HI/c1-4-10-9(11-5-7-13-2)12-6-8-14-3;/h4-8H2,1-3H3,(H2,10,11,12);1H. The van der Waals surface area contributed by atoms with Crippen LogP contribution in [-0.4, -0.2) is 49.6 Å². The van der Waals surface area contributed by atoms with Crippen molar-refractivity contribution in [1.82, 2.24) is 10.6 Å². The van der Waals surface area contributed by atoms with Gasteiger partial charge in [-0.05, 0) is 19.4 Å². The number of halogens is 1. The van der Waals surface area contributed by atoms with Crippen LogP contribution < -0.4 is 10.6 Å². The normalized spacial score (nSPS) is 10.7. The van der Waals surface area contributed by atoms with Crippen molar-refractivity contribution in [3.05, 3.63) is 0 Å². The fourth-order valence-corrected chi connectivity index (χ4v) is 1.44. The van der Waals surface area contributed by atoms with Crippen LogP contribution in [0, 0.1) is 0 Å². The maximum absolute atomic E-state index is 4.44. The van der Waals surface area contributed by atoms with E-state index < -0.39 is 0 Å². The Morgan fingerprint density at radius 1 is 1.13 bits per heavy atom. The summed E-state index contributed by atoms with van der Waals surface area (Å²) in [5, 5.41) is 6.51. The molecule has 0 rings (SSSR count). The number of hydrogen-bond donors (Lipinski definition) is 2. The Morgan fingerprint density at radius 3 is 2.33 bits per heavy atom. The molecule has 0 unspecified atom stereocenters. The summed E-state index contributed by atoms with van der Waals surface area (Å²) in [7, 11) is 0. The van der Waals surface area contributed by atoms with Gasteiger partial charge in [0, 0.05) is 24.6 Å². The number of nitrogens with zero attached hydrogens (tertiary/aromatic N) is 1. The van der Waals surface area contributed by atoms with Crippen molar-refractivity contribution in [2.45, 2.75) is 6.92 Å². The largest absolute Gasteiger partial charge is 0.357 e. The van der Waals surface area contributed by atoms with Crippen molar-refractivity contribution in [3.8, 4) is 0 Å². The summed E-state index contributed by atoms with van der Waals surface area (Å²) in [6.07, 6.45) is 4.21. The Morgan fingerprint density at radius 2 is 1.80 bits per heavy atom. The molecule has 0 atom stereocenters. The Labute approximate surface area is 119 Å². The lowest BCUT2D eigenvalue weighted by molar-refractivity contribution is 0.850. The predicted molar refractivity (Wildman–Crippen MR) is 86.2 cm³/mol. The molecular formula is C9H22IN3S2. The minimum absolute atomic E-state index is 0. The summed E-state index contributed by atoms with van der Waals surface area (Å²) in [4.78, 5) is 4.44. The van der Waals surface area contributed by atoms with Gasteiger partial charge in [-0.2, -0.15) is 23.5 Å². The van der Waals surface area contributed by atoms with Crippen LogP contribution in [0.2, 0.25) is 0 Å². The van der Waals surface area contributed by atoms with E-state index in [1.54, 1.807) is 0 Å². The van der Waals surface area contributed by atoms with Crippen molar-refractivity contribution in [2.24, 2.45) is 4.99 Å². The lowest BCUT2D eigenvalue weighted by Gasteiger charge is -2.10. The van der Waals surface area contributed by atoms with Gasteiger partial charge >= 0.3 is 0 Å². The van der Waals surface area contributed by atoms with Crippen molar-refractivity contribution < 1.29 is 0 Å². The number of rotatable bonds is 7. The molecule has 0 saturated carbocycles. The van der Waals surface area contributed by atoms with E-state index in [1.165, 1.54) is 0 Å². The molecule has 0 radical (unpaired) electrons. The van der Waals surface area contributed by atoms with Gasteiger partial charge in [0.2, 0.25) is 0 Å². The maximum Gasteiger partial charge on any atom is 0.191 e. The molecule has 0 aromatic heterocycles. The highest BCUT2D eigenvalue weighted by atomic mass is 127. The molecule has 0 heterocycles. The van der Waals surface area contributed by atoms with Gasteiger partial charge < -0.3 is 10.6 Å². The zero-order valence-electron chi connectivity index (χ0n) is 9.71. The average Bonchev–Trinajstić information content (AvgIpc) is 2.18. The maximum atomic E-state index is 4.44. The van der Waals surface area contributed by atoms with Crippen LogP contribution in [0.1, 0.15) is 6.92 Å². The first-order chi connectivity index (χ1) is 6.85. The van der Waals surface area contributed by atoms with Crippen LogP contribution >= 0.6 is 47.5 Å². The molecule has 15 heavy (non-hydrogen) atoms. The highest BCUT2D eigenvalue weighted by molar-refractivity contribution is 14.0. The lowest BCUT2D eigenvalue weighted by Crippen LogP contribution is -2.38. The van der Waals surface area contributed by atoms with Crippen LogP contribution in [0.15, 0.2) is 4.99 Å². The van der Waals surface area contributed by atoms with E-state index in [0.717, 1.165) is 37.1 Å². The molecule has 0 saturated heterocycles. The van der Waals surface area contributed by atoms with Gasteiger partial charge in [0.15, 0.2) is 5.96 Å². The Balaban J connectivity index is 0. The molecule has 0 amide bonds. The number of thioether (sulfide) groups is 2. The molecule has 0 aliphatic heterocycles. The number of aliphatic imine (C=N–C) groups is 1. The van der Waals surface area contributed by atoms with Crippen molar-refractivity contribution in [1.29, 1.82) is 0 Å². The minimum Gasteiger partial charge on any atom is -0.357 e. The highest BCUT2D eigenvalue weighted by Crippen LogP contribution is 1.90. The van der Waals surface area contributed by atoms with Gasteiger partial charge in [-0.1, -0.05) is 0 Å². The monoisotopic (exact) mass is 363 g/mol. The van der Waals surface area contributed by atoms with Crippen molar-refractivity contribution in [3.63, 3.8) is 0 Å². The van der Waals surface area contributed by atoms with E-state index in [2.05, 4.69) is 35.1 Å². The molecule has 0 fully saturated rings. The third-order valence-corrected chi connectivity index (χ3v) is 2.71. The molecule has 0 aromatic carbocycles. The average molecular weight is 363 g/mol. The topological polar surface area (TPSA) is 36.4 Å². The predicted octanol–water partition coefficient (Wildman–Crippen LogP) is 1.89. The van der Waals surface area contributed by atoms with Gasteiger partial charge in [-0.15, -0.1) is 24.0 Å². The van der Waals surface area contributed by atoms with Crippen molar-refractivity contribution in [2.75, 3.05) is 43.7 Å².